The van der Waals surface area contributed by atoms with E-state index in [0.717, 1.165) is 11.0 Å². The summed E-state index contributed by atoms with van der Waals surface area (Å²) in [6, 6.07) is 2.69. The summed E-state index contributed by atoms with van der Waals surface area (Å²) in [7, 11) is 3.97. The topological polar surface area (TPSA) is 179 Å². The lowest BCUT2D eigenvalue weighted by molar-refractivity contribution is -0.284. The fraction of sp³-hybridized carbons (Fsp3) is 0.757. The van der Waals surface area contributed by atoms with Crippen LogP contribution in [0, 0.1) is 40.9 Å². The largest absolute Gasteiger partial charge is 0.458 e. The van der Waals surface area contributed by atoms with E-state index in [1.54, 1.807) is 48.5 Å². The third-order valence-corrected chi connectivity index (χ3v) is 11.4. The van der Waals surface area contributed by atoms with Crippen molar-refractivity contribution in [2.75, 3.05) is 14.1 Å². The second-order valence-electron chi connectivity index (χ2n) is 15.6. The number of ether oxygens (including phenoxy) is 5. The number of Topliss-reactive ketones (excluding diaryl/α,β-unsaturated/α-hetero) is 1. The number of hydrogen-bond donors (Lipinski definition) is 2. The Bertz CT molecular complexity index is 1490. The smallest absolute Gasteiger partial charge is 0.418 e. The van der Waals surface area contributed by atoms with Gasteiger partial charge in [-0.1, -0.05) is 34.6 Å². The summed E-state index contributed by atoms with van der Waals surface area (Å²) in [5, 5.41) is 24.1. The van der Waals surface area contributed by atoms with E-state index in [1.165, 1.54) is 18.5 Å². The Morgan fingerprint density at radius 1 is 1.12 bits per heavy atom. The molecule has 0 unspecified atom stereocenters. The number of aromatic nitrogens is 1. The summed E-state index contributed by atoms with van der Waals surface area (Å²) in [6.07, 6.45) is -2.27. The quantitative estimate of drug-likeness (QED) is 0.327. The van der Waals surface area contributed by atoms with Crippen LogP contribution in [0.15, 0.2) is 18.5 Å². The maximum absolute atomic E-state index is 14.3. The van der Waals surface area contributed by atoms with Crippen LogP contribution < -0.4 is 5.32 Å². The molecule has 1 aromatic rings. The number of nitrogens with zero attached hydrogens (tertiary/aromatic N) is 3. The van der Waals surface area contributed by atoms with Crippen LogP contribution in [0.1, 0.15) is 87.1 Å². The van der Waals surface area contributed by atoms with Gasteiger partial charge in [0.05, 0.1) is 29.7 Å². The number of esters is 1. The van der Waals surface area contributed by atoms with E-state index in [0.29, 0.717) is 0 Å². The van der Waals surface area contributed by atoms with Crippen molar-refractivity contribution in [3.8, 4) is 6.07 Å². The van der Waals surface area contributed by atoms with Gasteiger partial charge in [-0.3, -0.25) is 14.2 Å². The van der Waals surface area contributed by atoms with Crippen LogP contribution in [-0.4, -0.2) is 107 Å². The number of rotatable bonds is 5. The molecule has 0 spiro atoms. The Morgan fingerprint density at radius 3 is 2.37 bits per heavy atom. The summed E-state index contributed by atoms with van der Waals surface area (Å²) in [4.78, 5) is 56.7. The lowest BCUT2D eigenvalue weighted by atomic mass is 9.73. The first-order valence-corrected chi connectivity index (χ1v) is 18.0. The van der Waals surface area contributed by atoms with Crippen molar-refractivity contribution in [3.05, 3.63) is 24.0 Å². The Morgan fingerprint density at radius 2 is 1.78 bits per heavy atom. The molecule has 3 aliphatic rings. The molecule has 4 heterocycles. The molecule has 3 fully saturated rings. The third-order valence-electron chi connectivity index (χ3n) is 11.4. The molecule has 3 saturated heterocycles. The van der Waals surface area contributed by atoms with Gasteiger partial charge in [-0.15, -0.1) is 0 Å². The standard InChI is InChI=1S/C37H56N4O10/c1-12-27-37(9)30(39-34(45)50-37)22(5)28(42)19(2)16-36(8,51-35(46)41-14-13-25(17-38)18-41)31(23(6)29(43)24(7)32(44)48-27)49-33-21(4)26(40(10)11)15-20(3)47-33/h13-14,18-24,26-27,29-31,33,43H,12,15-16H2,1-11H3,(H,39,45)/t19-,20-,21-,22+,23+,24-,26+,27-,29+,30-,31-,33+,36-,37-/m1/s1. The molecule has 0 radical (unpaired) electrons. The number of aliphatic hydroxyl groups is 1. The highest BCUT2D eigenvalue weighted by molar-refractivity contribution is 5.85. The molecule has 51 heavy (non-hydrogen) atoms. The van der Waals surface area contributed by atoms with E-state index < -0.39 is 83.7 Å². The second-order valence-corrected chi connectivity index (χ2v) is 15.6. The zero-order chi connectivity index (χ0) is 38.2. The molecular weight excluding hydrogens is 660 g/mol. The van der Waals surface area contributed by atoms with E-state index in [9.17, 15) is 29.5 Å². The minimum absolute atomic E-state index is 0.0575. The first kappa shape index (κ1) is 40.3. The van der Waals surface area contributed by atoms with Gasteiger partial charge in [-0.25, -0.2) is 9.59 Å². The van der Waals surface area contributed by atoms with Crippen molar-refractivity contribution in [3.63, 3.8) is 0 Å². The van der Waals surface area contributed by atoms with Crippen molar-refractivity contribution in [1.29, 1.82) is 5.26 Å². The van der Waals surface area contributed by atoms with Crippen LogP contribution >= 0.6 is 0 Å². The van der Waals surface area contributed by atoms with Gasteiger partial charge in [-0.2, -0.15) is 5.26 Å². The van der Waals surface area contributed by atoms with E-state index in [4.69, 9.17) is 23.7 Å². The molecule has 2 N–H and O–H groups in total. The summed E-state index contributed by atoms with van der Waals surface area (Å²) in [6.45, 7) is 15.7. The predicted molar refractivity (Wildman–Crippen MR) is 184 cm³/mol. The highest BCUT2D eigenvalue weighted by Crippen LogP contribution is 2.42. The lowest BCUT2D eigenvalue weighted by Crippen LogP contribution is -2.60. The van der Waals surface area contributed by atoms with Crippen LogP contribution in [0.3, 0.4) is 0 Å². The Kier molecular flexibility index (Phi) is 12.3. The van der Waals surface area contributed by atoms with Gasteiger partial charge >= 0.3 is 18.2 Å². The zero-order valence-electron chi connectivity index (χ0n) is 31.7. The van der Waals surface area contributed by atoms with E-state index in [2.05, 4.69) is 10.2 Å². The zero-order valence-corrected chi connectivity index (χ0v) is 31.7. The molecular formula is C37H56N4O10. The van der Waals surface area contributed by atoms with E-state index in [-0.39, 0.29) is 42.3 Å². The number of aliphatic hydroxyl groups excluding tert-OH is 1. The second kappa shape index (κ2) is 15.6. The van der Waals surface area contributed by atoms with Crippen molar-refractivity contribution in [1.82, 2.24) is 14.8 Å². The average Bonchev–Trinajstić information content (AvgIpc) is 3.68. The lowest BCUT2D eigenvalue weighted by Gasteiger charge is -2.48. The highest BCUT2D eigenvalue weighted by atomic mass is 16.7. The number of hydrogen-bond acceptors (Lipinski definition) is 12. The van der Waals surface area contributed by atoms with Crippen LogP contribution in [-0.2, 0) is 33.3 Å². The van der Waals surface area contributed by atoms with Crippen LogP contribution in [0.2, 0.25) is 0 Å². The molecule has 1 aromatic heterocycles. The van der Waals surface area contributed by atoms with Crippen LogP contribution in [0.4, 0.5) is 9.59 Å². The minimum Gasteiger partial charge on any atom is -0.458 e. The normalized spacial score (nSPS) is 41.1. The number of carbonyl (C=O) groups is 4. The maximum Gasteiger partial charge on any atom is 0.418 e. The van der Waals surface area contributed by atoms with Gasteiger partial charge in [0.1, 0.15) is 29.7 Å². The summed E-state index contributed by atoms with van der Waals surface area (Å²) in [5.41, 5.74) is -2.76. The van der Waals surface area contributed by atoms with Gasteiger partial charge in [0.2, 0.25) is 0 Å². The average molecular weight is 717 g/mol. The van der Waals surface area contributed by atoms with Crippen molar-refractivity contribution in [2.45, 2.75) is 136 Å². The molecule has 0 aromatic carbocycles. The maximum atomic E-state index is 14.3. The molecule has 4 rings (SSSR count). The monoisotopic (exact) mass is 716 g/mol. The van der Waals surface area contributed by atoms with Gasteiger partial charge in [0.15, 0.2) is 11.9 Å². The van der Waals surface area contributed by atoms with E-state index >= 15 is 0 Å². The molecule has 0 saturated carbocycles. The molecule has 3 aliphatic heterocycles. The Hall–Kier alpha value is -3.51. The van der Waals surface area contributed by atoms with Gasteiger partial charge in [0, 0.05) is 42.1 Å². The Balaban J connectivity index is 1.86. The number of nitriles is 1. The molecule has 14 nitrogen and oxygen atoms in total. The molecule has 1 amide bonds. The summed E-state index contributed by atoms with van der Waals surface area (Å²) >= 11 is 0. The first-order chi connectivity index (χ1) is 23.8. The van der Waals surface area contributed by atoms with Crippen molar-refractivity contribution >= 4 is 23.9 Å². The summed E-state index contributed by atoms with van der Waals surface area (Å²) in [5.74, 6) is -4.69. The number of ketones is 1. The fourth-order valence-corrected chi connectivity index (χ4v) is 8.39. The molecule has 0 bridgehead atoms. The molecule has 284 valence electrons. The van der Waals surface area contributed by atoms with Gasteiger partial charge < -0.3 is 39.0 Å². The highest BCUT2D eigenvalue weighted by Gasteiger charge is 2.57. The predicted octanol–water partition coefficient (Wildman–Crippen LogP) is 4.26. The number of cyclic esters (lactones) is 1. The van der Waals surface area contributed by atoms with Crippen LogP contribution in [0.5, 0.6) is 0 Å². The van der Waals surface area contributed by atoms with E-state index in [1.807, 2.05) is 34.0 Å². The third kappa shape index (κ3) is 8.11. The fourth-order valence-electron chi connectivity index (χ4n) is 8.39. The van der Waals surface area contributed by atoms with Crippen molar-refractivity contribution < 1.29 is 48.0 Å². The first-order valence-electron chi connectivity index (χ1n) is 18.0. The number of nitrogens with one attached hydrogen (secondary N) is 1. The van der Waals surface area contributed by atoms with Gasteiger partial charge in [0.25, 0.3) is 0 Å². The Labute approximate surface area is 301 Å². The number of amides is 1. The number of alkyl carbamates (subject to hydrolysis) is 1. The molecule has 14 heteroatoms. The minimum atomic E-state index is -1.61. The number of fused-ring (bicyclic) bond motifs is 1. The molecule has 14 atom stereocenters. The van der Waals surface area contributed by atoms with Crippen molar-refractivity contribution in [2.24, 2.45) is 29.6 Å². The summed E-state index contributed by atoms with van der Waals surface area (Å²) < 4.78 is 32.4. The van der Waals surface area contributed by atoms with Gasteiger partial charge in [-0.05, 0) is 67.1 Å². The molecule has 0 aliphatic carbocycles. The number of carbonyl (C=O) groups excluding carboxylic acids is 4. The SMILES string of the molecule is CC[C@H]1OC(=O)[C@H](C)[C@@H](O)[C@H](C)[C@@H](O[C@@H]2O[C@H](C)C[C@H](N(C)C)[C@H]2C)[C@](C)(OC(=O)n2ccc(C#N)c2)C[C@@H](C)C(=O)[C@H](C)[C@H]2NC(=O)O[C@@]21C. The van der Waals surface area contributed by atoms with Crippen LogP contribution in [0.25, 0.3) is 0 Å².